The maximum atomic E-state index is 5.43. The first-order valence-corrected chi connectivity index (χ1v) is 9.64. The Morgan fingerprint density at radius 2 is 1.70 bits per heavy atom. The fourth-order valence-electron chi connectivity index (χ4n) is 2.88. The fraction of sp³-hybridized carbons (Fsp3) is 0.238. The van der Waals surface area contributed by atoms with Crippen LogP contribution in [0.4, 0.5) is 23.5 Å². The van der Waals surface area contributed by atoms with Crippen molar-refractivity contribution in [1.82, 2.24) is 15.0 Å². The summed E-state index contributed by atoms with van der Waals surface area (Å²) in [6.45, 7) is 2.72. The van der Waals surface area contributed by atoms with Gasteiger partial charge in [-0.1, -0.05) is 30.3 Å². The monoisotopic (exact) mass is 405 g/mol. The van der Waals surface area contributed by atoms with Crippen LogP contribution in [0.15, 0.2) is 59.7 Å². The highest BCUT2D eigenvalue weighted by Crippen LogP contribution is 2.20. The van der Waals surface area contributed by atoms with Crippen LogP contribution < -0.4 is 20.4 Å². The molecule has 30 heavy (non-hydrogen) atoms. The first kappa shape index (κ1) is 19.6. The lowest BCUT2D eigenvalue weighted by molar-refractivity contribution is 0.122. The van der Waals surface area contributed by atoms with Crippen molar-refractivity contribution in [2.75, 3.05) is 49.1 Å². The molecule has 1 aromatic heterocycles. The van der Waals surface area contributed by atoms with Gasteiger partial charge in [-0.3, -0.25) is 0 Å². The Hall–Kier alpha value is -3.72. The molecule has 0 saturated carbocycles. The standard InChI is InChI=1S/C21H23N7O2/c1-29-18-9-7-17(8-10-18)23-19-24-20(27-22-15-16-5-3-2-4-6-16)26-21(25-19)28-11-13-30-14-12-28/h2-10,15H,11-14H2,1H3,(H2,23,24,25,26,27)/b22-15+. The Labute approximate surface area is 174 Å². The van der Waals surface area contributed by atoms with Gasteiger partial charge in [-0.2, -0.15) is 20.1 Å². The van der Waals surface area contributed by atoms with Crippen LogP contribution in [0.25, 0.3) is 0 Å². The quantitative estimate of drug-likeness (QED) is 0.458. The van der Waals surface area contributed by atoms with Gasteiger partial charge in [0.1, 0.15) is 5.75 Å². The number of hydrogen-bond acceptors (Lipinski definition) is 9. The van der Waals surface area contributed by atoms with Crippen LogP contribution in [0.2, 0.25) is 0 Å². The number of hydrazone groups is 1. The van der Waals surface area contributed by atoms with Gasteiger partial charge in [0.2, 0.25) is 17.8 Å². The molecule has 0 spiro atoms. The first-order valence-electron chi connectivity index (χ1n) is 9.64. The lowest BCUT2D eigenvalue weighted by atomic mass is 10.2. The van der Waals surface area contributed by atoms with E-state index in [1.54, 1.807) is 13.3 Å². The summed E-state index contributed by atoms with van der Waals surface area (Å²) in [5.74, 6) is 2.13. The topological polar surface area (TPSA) is 96.8 Å². The van der Waals surface area contributed by atoms with Crippen molar-refractivity contribution in [3.63, 3.8) is 0 Å². The number of nitrogens with zero attached hydrogens (tertiary/aromatic N) is 5. The van der Waals surface area contributed by atoms with Crippen LogP contribution in [0.3, 0.4) is 0 Å². The first-order chi connectivity index (χ1) is 14.8. The molecule has 0 amide bonds. The molecule has 3 aromatic rings. The van der Waals surface area contributed by atoms with Crippen molar-refractivity contribution >= 4 is 29.7 Å². The Balaban J connectivity index is 1.55. The lowest BCUT2D eigenvalue weighted by Gasteiger charge is -2.27. The molecule has 0 bridgehead atoms. The van der Waals surface area contributed by atoms with Crippen molar-refractivity contribution in [2.24, 2.45) is 5.10 Å². The van der Waals surface area contributed by atoms with Crippen molar-refractivity contribution in [2.45, 2.75) is 0 Å². The average molecular weight is 405 g/mol. The van der Waals surface area contributed by atoms with Gasteiger partial charge in [-0.15, -0.1) is 0 Å². The van der Waals surface area contributed by atoms with Crippen LogP contribution in [0.1, 0.15) is 5.56 Å². The van der Waals surface area contributed by atoms with Crippen LogP contribution in [0.5, 0.6) is 5.75 Å². The molecule has 1 aliphatic heterocycles. The van der Waals surface area contributed by atoms with Gasteiger partial charge in [0, 0.05) is 18.8 Å². The maximum absolute atomic E-state index is 5.43. The Morgan fingerprint density at radius 1 is 0.967 bits per heavy atom. The predicted molar refractivity (Wildman–Crippen MR) is 117 cm³/mol. The van der Waals surface area contributed by atoms with E-state index in [0.29, 0.717) is 31.1 Å². The molecule has 4 rings (SSSR count). The third kappa shape index (κ3) is 5.21. The highest BCUT2D eigenvalue weighted by molar-refractivity contribution is 5.79. The van der Waals surface area contributed by atoms with Crippen LogP contribution in [0, 0.1) is 0 Å². The second kappa shape index (κ2) is 9.66. The summed E-state index contributed by atoms with van der Waals surface area (Å²) in [6.07, 6.45) is 1.72. The number of methoxy groups -OCH3 is 1. The molecule has 9 heteroatoms. The van der Waals surface area contributed by atoms with E-state index in [-0.39, 0.29) is 0 Å². The highest BCUT2D eigenvalue weighted by atomic mass is 16.5. The number of benzene rings is 2. The molecular formula is C21H23N7O2. The second-order valence-electron chi connectivity index (χ2n) is 6.52. The third-order valence-corrected chi connectivity index (χ3v) is 4.44. The zero-order valence-corrected chi connectivity index (χ0v) is 16.7. The summed E-state index contributed by atoms with van der Waals surface area (Å²) in [4.78, 5) is 15.6. The van der Waals surface area contributed by atoms with Gasteiger partial charge in [-0.25, -0.2) is 5.43 Å². The van der Waals surface area contributed by atoms with E-state index in [9.17, 15) is 0 Å². The van der Waals surface area contributed by atoms with E-state index in [1.807, 2.05) is 54.6 Å². The molecule has 1 saturated heterocycles. The molecule has 1 aliphatic rings. The summed E-state index contributed by atoms with van der Waals surface area (Å²) < 4.78 is 10.6. The van der Waals surface area contributed by atoms with Crippen LogP contribution in [-0.4, -0.2) is 54.6 Å². The Morgan fingerprint density at radius 3 is 2.43 bits per heavy atom. The van der Waals surface area contributed by atoms with E-state index in [4.69, 9.17) is 9.47 Å². The van der Waals surface area contributed by atoms with Crippen molar-refractivity contribution < 1.29 is 9.47 Å². The smallest absolute Gasteiger partial charge is 0.250 e. The number of hydrogen-bond donors (Lipinski definition) is 2. The SMILES string of the molecule is COc1ccc(Nc2nc(N/N=C/c3ccccc3)nc(N3CCOCC3)n2)cc1. The molecule has 2 heterocycles. The van der Waals surface area contributed by atoms with Crippen LogP contribution >= 0.6 is 0 Å². The fourth-order valence-corrected chi connectivity index (χ4v) is 2.88. The number of ether oxygens (including phenoxy) is 2. The molecule has 2 aromatic carbocycles. The number of anilines is 4. The number of rotatable bonds is 7. The largest absolute Gasteiger partial charge is 0.497 e. The van der Waals surface area contributed by atoms with Gasteiger partial charge in [0.15, 0.2) is 0 Å². The van der Waals surface area contributed by atoms with E-state index in [1.165, 1.54) is 0 Å². The molecule has 0 radical (unpaired) electrons. The number of nitrogens with one attached hydrogen (secondary N) is 2. The minimum Gasteiger partial charge on any atom is -0.497 e. The maximum Gasteiger partial charge on any atom is 0.250 e. The molecule has 0 atom stereocenters. The third-order valence-electron chi connectivity index (χ3n) is 4.44. The van der Waals surface area contributed by atoms with E-state index in [2.05, 4.69) is 35.7 Å². The molecule has 154 valence electrons. The summed E-state index contributed by atoms with van der Waals surface area (Å²) in [5, 5.41) is 7.47. The van der Waals surface area contributed by atoms with Gasteiger partial charge in [0.25, 0.3) is 0 Å². The number of aromatic nitrogens is 3. The van der Waals surface area contributed by atoms with Gasteiger partial charge >= 0.3 is 0 Å². The van der Waals surface area contributed by atoms with Crippen molar-refractivity contribution in [1.29, 1.82) is 0 Å². The molecule has 1 fully saturated rings. The van der Waals surface area contributed by atoms with Gasteiger partial charge in [0.05, 0.1) is 26.5 Å². The Bertz CT molecular complexity index is 974. The summed E-state index contributed by atoms with van der Waals surface area (Å²) in [5.41, 5.74) is 4.72. The summed E-state index contributed by atoms with van der Waals surface area (Å²) in [7, 11) is 1.64. The van der Waals surface area contributed by atoms with E-state index >= 15 is 0 Å². The van der Waals surface area contributed by atoms with Crippen LogP contribution in [-0.2, 0) is 4.74 Å². The van der Waals surface area contributed by atoms with Crippen molar-refractivity contribution in [3.8, 4) is 5.75 Å². The molecule has 0 unspecified atom stereocenters. The summed E-state index contributed by atoms with van der Waals surface area (Å²) in [6, 6.07) is 17.3. The van der Waals surface area contributed by atoms with Gasteiger partial charge in [-0.05, 0) is 29.8 Å². The predicted octanol–water partition coefficient (Wildman–Crippen LogP) is 2.91. The van der Waals surface area contributed by atoms with Gasteiger partial charge < -0.3 is 19.7 Å². The zero-order valence-electron chi connectivity index (χ0n) is 16.7. The lowest BCUT2D eigenvalue weighted by Crippen LogP contribution is -2.37. The summed E-state index contributed by atoms with van der Waals surface area (Å²) >= 11 is 0. The zero-order chi connectivity index (χ0) is 20.6. The minimum absolute atomic E-state index is 0.356. The minimum atomic E-state index is 0.356. The van der Waals surface area contributed by atoms with Crippen molar-refractivity contribution in [3.05, 3.63) is 60.2 Å². The number of morpholine rings is 1. The average Bonchev–Trinajstić information content (AvgIpc) is 2.81. The molecule has 2 N–H and O–H groups in total. The van der Waals surface area contributed by atoms with E-state index in [0.717, 1.165) is 30.1 Å². The highest BCUT2D eigenvalue weighted by Gasteiger charge is 2.16. The molecule has 9 nitrogen and oxygen atoms in total. The normalized spacial score (nSPS) is 14.0. The van der Waals surface area contributed by atoms with E-state index < -0.39 is 0 Å². The second-order valence-corrected chi connectivity index (χ2v) is 6.52. The molecular weight excluding hydrogens is 382 g/mol. The molecule has 0 aliphatic carbocycles. The Kier molecular flexibility index (Phi) is 6.31.